The van der Waals surface area contributed by atoms with Gasteiger partial charge in [-0.2, -0.15) is 5.10 Å². The van der Waals surface area contributed by atoms with E-state index in [4.69, 9.17) is 4.74 Å². The quantitative estimate of drug-likeness (QED) is 0.630. The van der Waals surface area contributed by atoms with E-state index in [9.17, 15) is 4.79 Å². The number of aryl methyl sites for hydroxylation is 1. The summed E-state index contributed by atoms with van der Waals surface area (Å²) >= 11 is 0. The van der Waals surface area contributed by atoms with Crippen LogP contribution in [-0.2, 0) is 11.2 Å². The first-order chi connectivity index (χ1) is 10.8. The van der Waals surface area contributed by atoms with Gasteiger partial charge in [0.1, 0.15) is 5.75 Å². The second-order valence-corrected chi connectivity index (χ2v) is 4.78. The van der Waals surface area contributed by atoms with Crippen LogP contribution < -0.4 is 10.2 Å². The molecule has 22 heavy (non-hydrogen) atoms. The number of ether oxygens (including phenoxy) is 1. The molecular weight excluding hydrogens is 276 g/mol. The second kappa shape index (κ2) is 8.62. The van der Waals surface area contributed by atoms with Crippen molar-refractivity contribution in [3.63, 3.8) is 0 Å². The highest BCUT2D eigenvalue weighted by atomic mass is 16.5. The normalized spacial score (nSPS) is 10.6. The van der Waals surface area contributed by atoms with Crippen LogP contribution in [0.2, 0.25) is 0 Å². The third-order valence-corrected chi connectivity index (χ3v) is 3.08. The molecule has 0 aliphatic rings. The fourth-order valence-corrected chi connectivity index (χ4v) is 1.95. The van der Waals surface area contributed by atoms with Crippen LogP contribution in [0.5, 0.6) is 5.75 Å². The zero-order valence-electron chi connectivity index (χ0n) is 12.7. The first-order valence-electron chi connectivity index (χ1n) is 7.36. The van der Waals surface area contributed by atoms with Crippen LogP contribution in [-0.4, -0.2) is 18.7 Å². The Hall–Kier alpha value is -2.62. The lowest BCUT2D eigenvalue weighted by atomic mass is 10.1. The number of hydrogen-bond acceptors (Lipinski definition) is 3. The second-order valence-electron chi connectivity index (χ2n) is 4.78. The van der Waals surface area contributed by atoms with Gasteiger partial charge >= 0.3 is 0 Å². The van der Waals surface area contributed by atoms with Gasteiger partial charge in [0, 0.05) is 6.42 Å². The van der Waals surface area contributed by atoms with E-state index in [1.54, 1.807) is 6.21 Å². The summed E-state index contributed by atoms with van der Waals surface area (Å²) in [4.78, 5) is 11.7. The lowest BCUT2D eigenvalue weighted by Gasteiger charge is -2.02. The van der Waals surface area contributed by atoms with E-state index in [2.05, 4.69) is 10.5 Å². The van der Waals surface area contributed by atoms with E-state index in [1.807, 2.05) is 61.5 Å². The smallest absolute Gasteiger partial charge is 0.240 e. The molecule has 0 heterocycles. The number of nitrogens with one attached hydrogen (secondary N) is 1. The molecule has 4 nitrogen and oxygen atoms in total. The van der Waals surface area contributed by atoms with E-state index in [0.29, 0.717) is 19.4 Å². The standard InChI is InChI=1S/C18H20N2O2/c1-2-22-17-11-8-16(9-12-17)14-19-20-18(21)13-10-15-6-4-3-5-7-15/h3-9,11-12,14H,2,10,13H2,1H3,(H,20,21). The predicted molar refractivity (Wildman–Crippen MR) is 88.1 cm³/mol. The Bertz CT molecular complexity index is 607. The Kier molecular flexibility index (Phi) is 6.18. The Morgan fingerprint density at radius 3 is 2.55 bits per heavy atom. The van der Waals surface area contributed by atoms with Gasteiger partial charge in [0.15, 0.2) is 0 Å². The lowest BCUT2D eigenvalue weighted by Crippen LogP contribution is -2.17. The minimum absolute atomic E-state index is 0.0916. The number of nitrogens with zero attached hydrogens (tertiary/aromatic N) is 1. The Labute approximate surface area is 130 Å². The number of hydrogen-bond donors (Lipinski definition) is 1. The van der Waals surface area contributed by atoms with Crippen LogP contribution in [0.3, 0.4) is 0 Å². The average Bonchev–Trinajstić information content (AvgIpc) is 2.56. The molecule has 0 aliphatic heterocycles. The number of carbonyl (C=O) groups excluding carboxylic acids is 1. The molecule has 4 heteroatoms. The molecule has 0 bridgehead atoms. The molecule has 0 saturated carbocycles. The van der Waals surface area contributed by atoms with Crippen LogP contribution in [0.4, 0.5) is 0 Å². The summed E-state index contributed by atoms with van der Waals surface area (Å²) in [5, 5.41) is 3.96. The first kappa shape index (κ1) is 15.8. The van der Waals surface area contributed by atoms with Crippen molar-refractivity contribution in [3.8, 4) is 5.75 Å². The molecule has 2 aromatic rings. The minimum atomic E-state index is -0.0916. The highest BCUT2D eigenvalue weighted by Crippen LogP contribution is 2.10. The van der Waals surface area contributed by atoms with E-state index in [-0.39, 0.29) is 5.91 Å². The molecule has 0 saturated heterocycles. The highest BCUT2D eigenvalue weighted by molar-refractivity contribution is 5.82. The molecule has 0 aromatic heterocycles. The molecule has 0 radical (unpaired) electrons. The van der Waals surface area contributed by atoms with Gasteiger partial charge in [-0.05, 0) is 48.7 Å². The number of carbonyl (C=O) groups is 1. The lowest BCUT2D eigenvalue weighted by molar-refractivity contribution is -0.121. The van der Waals surface area contributed by atoms with Gasteiger partial charge in [0.05, 0.1) is 12.8 Å². The summed E-state index contributed by atoms with van der Waals surface area (Å²) in [5.74, 6) is 0.734. The molecule has 114 valence electrons. The number of rotatable bonds is 7. The topological polar surface area (TPSA) is 50.7 Å². The van der Waals surface area contributed by atoms with Crippen molar-refractivity contribution < 1.29 is 9.53 Å². The molecule has 1 N–H and O–H groups in total. The summed E-state index contributed by atoms with van der Waals surface area (Å²) in [6.07, 6.45) is 2.76. The van der Waals surface area contributed by atoms with Crippen molar-refractivity contribution in [1.29, 1.82) is 0 Å². The molecule has 0 fully saturated rings. The minimum Gasteiger partial charge on any atom is -0.494 e. The molecule has 0 unspecified atom stereocenters. The summed E-state index contributed by atoms with van der Waals surface area (Å²) in [7, 11) is 0. The van der Waals surface area contributed by atoms with Crippen LogP contribution in [0.25, 0.3) is 0 Å². The third kappa shape index (κ3) is 5.40. The largest absolute Gasteiger partial charge is 0.494 e. The number of benzene rings is 2. The van der Waals surface area contributed by atoms with E-state index in [1.165, 1.54) is 0 Å². The van der Waals surface area contributed by atoms with Crippen LogP contribution in [0.1, 0.15) is 24.5 Å². The van der Waals surface area contributed by atoms with Crippen LogP contribution in [0.15, 0.2) is 59.7 Å². The van der Waals surface area contributed by atoms with Crippen molar-refractivity contribution in [2.75, 3.05) is 6.61 Å². The summed E-state index contributed by atoms with van der Waals surface area (Å²) < 4.78 is 5.36. The maximum absolute atomic E-state index is 11.7. The fourth-order valence-electron chi connectivity index (χ4n) is 1.95. The summed E-state index contributed by atoms with van der Waals surface area (Å²) in [6, 6.07) is 17.5. The molecule has 0 spiro atoms. The summed E-state index contributed by atoms with van der Waals surface area (Å²) in [5.41, 5.74) is 4.60. The van der Waals surface area contributed by atoms with Gasteiger partial charge in [-0.1, -0.05) is 30.3 Å². The molecule has 2 rings (SSSR count). The zero-order chi connectivity index (χ0) is 15.6. The molecule has 0 aliphatic carbocycles. The Morgan fingerprint density at radius 1 is 1.14 bits per heavy atom. The van der Waals surface area contributed by atoms with Crippen LogP contribution >= 0.6 is 0 Å². The van der Waals surface area contributed by atoms with Crippen molar-refractivity contribution in [3.05, 3.63) is 65.7 Å². The van der Waals surface area contributed by atoms with Gasteiger partial charge in [-0.15, -0.1) is 0 Å². The van der Waals surface area contributed by atoms with Gasteiger partial charge in [0.2, 0.25) is 5.91 Å². The van der Waals surface area contributed by atoms with Gasteiger partial charge in [-0.3, -0.25) is 4.79 Å². The van der Waals surface area contributed by atoms with Crippen molar-refractivity contribution >= 4 is 12.1 Å². The van der Waals surface area contributed by atoms with E-state index < -0.39 is 0 Å². The zero-order valence-corrected chi connectivity index (χ0v) is 12.7. The maximum atomic E-state index is 11.7. The van der Waals surface area contributed by atoms with E-state index >= 15 is 0 Å². The predicted octanol–water partition coefficient (Wildman–Crippen LogP) is 3.17. The Balaban J connectivity index is 1.75. The average molecular weight is 296 g/mol. The maximum Gasteiger partial charge on any atom is 0.240 e. The molecule has 1 amide bonds. The monoisotopic (exact) mass is 296 g/mol. The third-order valence-electron chi connectivity index (χ3n) is 3.08. The summed E-state index contributed by atoms with van der Waals surface area (Å²) in [6.45, 7) is 2.59. The highest BCUT2D eigenvalue weighted by Gasteiger charge is 2.00. The van der Waals surface area contributed by atoms with Crippen molar-refractivity contribution in [1.82, 2.24) is 5.43 Å². The van der Waals surface area contributed by atoms with Crippen LogP contribution in [0, 0.1) is 0 Å². The molecule has 0 atom stereocenters. The van der Waals surface area contributed by atoms with Crippen molar-refractivity contribution in [2.24, 2.45) is 5.10 Å². The van der Waals surface area contributed by atoms with Gasteiger partial charge < -0.3 is 4.74 Å². The number of hydrazone groups is 1. The van der Waals surface area contributed by atoms with E-state index in [0.717, 1.165) is 16.9 Å². The fraction of sp³-hybridized carbons (Fsp3) is 0.222. The SMILES string of the molecule is CCOc1ccc(C=NNC(=O)CCc2ccccc2)cc1. The first-order valence-corrected chi connectivity index (χ1v) is 7.36. The Morgan fingerprint density at radius 2 is 1.86 bits per heavy atom. The van der Waals surface area contributed by atoms with Crippen molar-refractivity contribution in [2.45, 2.75) is 19.8 Å². The van der Waals surface area contributed by atoms with Gasteiger partial charge in [0.25, 0.3) is 0 Å². The van der Waals surface area contributed by atoms with Gasteiger partial charge in [-0.25, -0.2) is 5.43 Å². The molecular formula is C18H20N2O2. The number of amides is 1. The molecule has 2 aromatic carbocycles.